The number of benzene rings is 2. The molecule has 25 heavy (non-hydrogen) atoms. The normalized spacial score (nSPS) is 13.6. The van der Waals surface area contributed by atoms with Gasteiger partial charge >= 0.3 is 29.6 Å². The molecule has 126 valence electrons. The van der Waals surface area contributed by atoms with Crippen molar-refractivity contribution in [2.24, 2.45) is 0 Å². The van der Waals surface area contributed by atoms with Gasteiger partial charge in [0.2, 0.25) is 0 Å². The molecule has 2 aromatic carbocycles. The van der Waals surface area contributed by atoms with E-state index >= 15 is 0 Å². The Kier molecular flexibility index (Phi) is 5.72. The van der Waals surface area contributed by atoms with E-state index in [0.717, 1.165) is 23.1 Å². The first-order valence-electron chi connectivity index (χ1n) is 6.60. The molecule has 1 aliphatic rings. The van der Waals surface area contributed by atoms with Crippen LogP contribution in [0.2, 0.25) is 5.02 Å². The second-order valence-electron chi connectivity index (χ2n) is 5.11. The molecule has 0 saturated carbocycles. The molecule has 1 N–H and O–H groups in total. The number of hydrogen-bond donors (Lipinski definition) is 1. The van der Waals surface area contributed by atoms with Crippen LogP contribution in [0.3, 0.4) is 0 Å². The van der Waals surface area contributed by atoms with E-state index in [2.05, 4.69) is 0 Å². The van der Waals surface area contributed by atoms with Crippen LogP contribution in [0.25, 0.3) is 0 Å². The Morgan fingerprint density at radius 3 is 2.40 bits per heavy atom. The van der Waals surface area contributed by atoms with Gasteiger partial charge in [-0.2, -0.15) is 8.42 Å². The predicted molar refractivity (Wildman–Crippen MR) is 90.3 cm³/mol. The zero-order chi connectivity index (χ0) is 17.6. The Hall–Kier alpha value is -1.29. The number of Topliss-reactive ketones (excluding diaryl/α,β-unsaturated/α-hetero) is 1. The van der Waals surface area contributed by atoms with Gasteiger partial charge in [0.25, 0.3) is 21.8 Å². The van der Waals surface area contributed by atoms with Gasteiger partial charge < -0.3 is 4.90 Å². The quantitative estimate of drug-likeness (QED) is 0.488. The van der Waals surface area contributed by atoms with Gasteiger partial charge in [-0.05, 0) is 35.9 Å². The third-order valence-corrected chi connectivity index (χ3v) is 4.79. The van der Waals surface area contributed by atoms with Crippen molar-refractivity contribution in [2.45, 2.75) is 11.4 Å². The summed E-state index contributed by atoms with van der Waals surface area (Å²) in [6, 6.07) is 6.92. The number of ketones is 1. The van der Waals surface area contributed by atoms with Crippen LogP contribution in [0.15, 0.2) is 41.3 Å². The van der Waals surface area contributed by atoms with Crippen LogP contribution in [-0.4, -0.2) is 54.2 Å². The van der Waals surface area contributed by atoms with E-state index in [9.17, 15) is 22.4 Å². The maximum atomic E-state index is 13.1. The maximum absolute atomic E-state index is 13.1. The Balaban J connectivity index is 0.00000225. The zero-order valence-electron chi connectivity index (χ0n) is 11.9. The summed E-state index contributed by atoms with van der Waals surface area (Å²) < 4.78 is 44.5. The van der Waals surface area contributed by atoms with Crippen LogP contribution in [0.5, 0.6) is 0 Å². The molecule has 0 aliphatic carbocycles. The minimum atomic E-state index is -4.50. The minimum absolute atomic E-state index is 0. The van der Waals surface area contributed by atoms with Crippen molar-refractivity contribution in [1.82, 2.24) is 0 Å². The fourth-order valence-corrected chi connectivity index (χ4v) is 3.15. The van der Waals surface area contributed by atoms with Crippen LogP contribution < -0.4 is 4.90 Å². The molecule has 0 fully saturated rings. The van der Waals surface area contributed by atoms with Crippen molar-refractivity contribution in [1.29, 1.82) is 0 Å². The van der Waals surface area contributed by atoms with Gasteiger partial charge in [0.15, 0.2) is 0 Å². The summed E-state index contributed by atoms with van der Waals surface area (Å²) >= 11 is 5.93. The molecule has 0 radical (unpaired) electrons. The SMILES string of the molecule is O=C1C(=O)N(Cc2ccc(F)cc2Cl)c2ccc(S(=O)(=O)O)cc21.[NaH]. The first-order valence-corrected chi connectivity index (χ1v) is 8.42. The molecule has 6 nitrogen and oxygen atoms in total. The van der Waals surface area contributed by atoms with Crippen molar-refractivity contribution in [3.63, 3.8) is 0 Å². The van der Waals surface area contributed by atoms with Crippen molar-refractivity contribution in [3.8, 4) is 0 Å². The number of fused-ring (bicyclic) bond motifs is 1. The number of nitrogens with zero attached hydrogens (tertiary/aromatic N) is 1. The van der Waals surface area contributed by atoms with Gasteiger partial charge in [-0.1, -0.05) is 17.7 Å². The zero-order valence-corrected chi connectivity index (χ0v) is 13.4. The van der Waals surface area contributed by atoms with Crippen LogP contribution in [0.4, 0.5) is 10.1 Å². The van der Waals surface area contributed by atoms with Gasteiger partial charge in [0.05, 0.1) is 22.7 Å². The molecule has 0 unspecified atom stereocenters. The fraction of sp³-hybridized carbons (Fsp3) is 0.0667. The monoisotopic (exact) mass is 393 g/mol. The number of halogens is 2. The second kappa shape index (κ2) is 7.14. The standard InChI is InChI=1S/C15H9ClFNO5S.Na.H/c16-12-5-9(17)2-1-8(12)7-18-13-4-3-10(24(21,22)23)6-11(13)14(19)15(18)20;;/h1-6H,7H2,(H,21,22,23);;. The third-order valence-electron chi connectivity index (χ3n) is 3.58. The number of amides is 1. The van der Waals surface area contributed by atoms with E-state index in [1.807, 2.05) is 0 Å². The van der Waals surface area contributed by atoms with Crippen LogP contribution in [0, 0.1) is 5.82 Å². The molecule has 1 aliphatic heterocycles. The number of carbonyl (C=O) groups excluding carboxylic acids is 2. The Labute approximate surface area is 169 Å². The van der Waals surface area contributed by atoms with Crippen molar-refractivity contribution >= 4 is 68.7 Å². The first-order chi connectivity index (χ1) is 11.2. The summed E-state index contributed by atoms with van der Waals surface area (Å²) in [5.41, 5.74) is 0.483. The van der Waals surface area contributed by atoms with Crippen molar-refractivity contribution < 1.29 is 27.0 Å². The van der Waals surface area contributed by atoms with Gasteiger partial charge in [0.1, 0.15) is 5.82 Å². The summed E-state index contributed by atoms with van der Waals surface area (Å²) in [7, 11) is -4.50. The summed E-state index contributed by atoms with van der Waals surface area (Å²) in [6.45, 7) is -0.0814. The van der Waals surface area contributed by atoms with Crippen molar-refractivity contribution in [2.75, 3.05) is 4.90 Å². The summed E-state index contributed by atoms with van der Waals surface area (Å²) in [5.74, 6) is -2.29. The van der Waals surface area contributed by atoms with E-state index in [-0.39, 0.29) is 52.4 Å². The van der Waals surface area contributed by atoms with Gasteiger partial charge in [-0.3, -0.25) is 14.1 Å². The van der Waals surface area contributed by atoms with Crippen molar-refractivity contribution in [3.05, 3.63) is 58.4 Å². The molecule has 0 atom stereocenters. The molecule has 2 aromatic rings. The molecular formula is C15H10ClFNNaO5S. The molecule has 10 heteroatoms. The van der Waals surface area contributed by atoms with E-state index < -0.39 is 32.5 Å². The van der Waals surface area contributed by atoms with Gasteiger partial charge in [0, 0.05) is 5.02 Å². The Morgan fingerprint density at radius 1 is 1.12 bits per heavy atom. The van der Waals surface area contributed by atoms with Crippen LogP contribution >= 0.6 is 11.6 Å². The van der Waals surface area contributed by atoms with E-state index in [0.29, 0.717) is 5.56 Å². The van der Waals surface area contributed by atoms with Crippen LogP contribution in [0.1, 0.15) is 15.9 Å². The number of rotatable bonds is 3. The van der Waals surface area contributed by atoms with E-state index in [1.165, 1.54) is 18.2 Å². The predicted octanol–water partition coefficient (Wildman–Crippen LogP) is 1.81. The molecule has 0 aromatic heterocycles. The van der Waals surface area contributed by atoms with Gasteiger partial charge in [-0.25, -0.2) is 4.39 Å². The fourth-order valence-electron chi connectivity index (χ4n) is 2.42. The molecular weight excluding hydrogens is 384 g/mol. The van der Waals surface area contributed by atoms with E-state index in [4.69, 9.17) is 16.2 Å². The van der Waals surface area contributed by atoms with E-state index in [1.54, 1.807) is 0 Å². The molecule has 1 heterocycles. The molecule has 3 rings (SSSR count). The summed E-state index contributed by atoms with van der Waals surface area (Å²) in [6.07, 6.45) is 0. The molecule has 0 bridgehead atoms. The van der Waals surface area contributed by atoms with Crippen LogP contribution in [-0.2, 0) is 21.5 Å². The number of hydrogen-bond acceptors (Lipinski definition) is 4. The summed E-state index contributed by atoms with van der Waals surface area (Å²) in [4.78, 5) is 24.8. The second-order valence-corrected chi connectivity index (χ2v) is 6.94. The first kappa shape index (κ1) is 20.0. The molecule has 0 spiro atoms. The number of carbonyl (C=O) groups is 2. The molecule has 0 saturated heterocycles. The Morgan fingerprint density at radius 2 is 1.80 bits per heavy atom. The Bertz CT molecular complexity index is 995. The number of anilines is 1. The van der Waals surface area contributed by atoms with Gasteiger partial charge in [-0.15, -0.1) is 0 Å². The summed E-state index contributed by atoms with van der Waals surface area (Å²) in [5, 5.41) is 0.0956. The third kappa shape index (κ3) is 3.79. The average Bonchev–Trinajstić information content (AvgIpc) is 2.73. The average molecular weight is 394 g/mol. The molecule has 1 amide bonds. The topological polar surface area (TPSA) is 91.8 Å².